The number of carbonyl (C=O) groups is 1. The van der Waals surface area contributed by atoms with Crippen molar-refractivity contribution in [2.24, 2.45) is 0 Å². The van der Waals surface area contributed by atoms with E-state index < -0.39 is 23.0 Å². The first-order chi connectivity index (χ1) is 16.1. The number of rotatable bonds is 5. The van der Waals surface area contributed by atoms with Crippen molar-refractivity contribution >= 4 is 5.97 Å². The van der Waals surface area contributed by atoms with E-state index in [1.54, 1.807) is 12.1 Å². The van der Waals surface area contributed by atoms with Crippen molar-refractivity contribution in [3.8, 4) is 0 Å². The number of hydrogen-bond acceptors (Lipinski definition) is 5. The Labute approximate surface area is 193 Å². The van der Waals surface area contributed by atoms with Crippen molar-refractivity contribution in [1.82, 2.24) is 4.90 Å². The molecule has 33 heavy (non-hydrogen) atoms. The van der Waals surface area contributed by atoms with E-state index in [2.05, 4.69) is 4.90 Å². The van der Waals surface area contributed by atoms with Gasteiger partial charge in [0, 0.05) is 17.0 Å². The summed E-state index contributed by atoms with van der Waals surface area (Å²) in [7, 11) is 1.33. The van der Waals surface area contributed by atoms with Gasteiger partial charge in [-0.05, 0) is 24.0 Å². The fraction of sp³-hybridized carbons (Fsp3) is 0.296. The molecule has 4 atom stereocenters. The highest BCUT2D eigenvalue weighted by Gasteiger charge is 2.82. The van der Waals surface area contributed by atoms with Crippen molar-refractivity contribution in [1.29, 1.82) is 0 Å². The van der Waals surface area contributed by atoms with Gasteiger partial charge in [0.25, 0.3) is 5.54 Å². The number of methoxy groups -OCH3 is 1. The molecule has 3 aromatic rings. The second kappa shape index (κ2) is 8.12. The fourth-order valence-corrected chi connectivity index (χ4v) is 6.42. The molecule has 2 aliphatic rings. The molecule has 6 nitrogen and oxygen atoms in total. The van der Waals surface area contributed by atoms with Gasteiger partial charge in [-0.1, -0.05) is 91.0 Å². The minimum atomic E-state index is -1.72. The van der Waals surface area contributed by atoms with Gasteiger partial charge in [-0.25, -0.2) is 4.79 Å². The number of esters is 1. The fourth-order valence-electron chi connectivity index (χ4n) is 6.42. The first kappa shape index (κ1) is 21.3. The number of nitro groups is 1. The number of hydrogen-bond donors (Lipinski definition) is 0. The molecule has 0 unspecified atom stereocenters. The lowest BCUT2D eigenvalue weighted by Gasteiger charge is -2.39. The number of fused-ring (bicyclic) bond motifs is 1. The molecule has 5 rings (SSSR count). The molecule has 2 fully saturated rings. The summed E-state index contributed by atoms with van der Waals surface area (Å²) in [6.07, 6.45) is 1.05. The van der Waals surface area contributed by atoms with Gasteiger partial charge in [-0.15, -0.1) is 0 Å². The van der Waals surface area contributed by atoms with E-state index in [9.17, 15) is 14.9 Å². The Morgan fingerprint density at radius 2 is 1.48 bits per heavy atom. The van der Waals surface area contributed by atoms with Crippen LogP contribution in [0, 0.1) is 10.1 Å². The topological polar surface area (TPSA) is 72.7 Å². The molecule has 2 saturated heterocycles. The Morgan fingerprint density at radius 3 is 2.03 bits per heavy atom. The summed E-state index contributed by atoms with van der Waals surface area (Å²) in [6.45, 7) is 0.584. The average Bonchev–Trinajstić information content (AvgIpc) is 3.40. The van der Waals surface area contributed by atoms with E-state index in [1.165, 1.54) is 7.11 Å². The SMILES string of the molecule is COC(=O)[C@@]12CCCN1[C@H](c1ccccc1)[C@@H](c1ccccc1)[C@]2(c1ccccc1)[N+](=O)[O-]. The Morgan fingerprint density at radius 1 is 0.939 bits per heavy atom. The maximum atomic E-state index is 13.7. The van der Waals surface area contributed by atoms with Gasteiger partial charge in [0.1, 0.15) is 0 Å². The average molecular weight is 443 g/mol. The van der Waals surface area contributed by atoms with Crippen LogP contribution in [0.2, 0.25) is 0 Å². The van der Waals surface area contributed by atoms with Crippen molar-refractivity contribution in [2.75, 3.05) is 13.7 Å². The number of nitrogens with zero attached hydrogens (tertiary/aromatic N) is 2. The molecule has 0 aliphatic carbocycles. The van der Waals surface area contributed by atoms with Gasteiger partial charge >= 0.3 is 5.97 Å². The summed E-state index contributed by atoms with van der Waals surface area (Å²) < 4.78 is 5.35. The van der Waals surface area contributed by atoms with Crippen LogP contribution in [-0.4, -0.2) is 35.0 Å². The smallest absolute Gasteiger partial charge is 0.334 e. The van der Waals surface area contributed by atoms with Gasteiger partial charge in [-0.3, -0.25) is 15.0 Å². The number of ether oxygens (including phenoxy) is 1. The second-order valence-electron chi connectivity index (χ2n) is 8.78. The molecule has 2 heterocycles. The molecular weight excluding hydrogens is 416 g/mol. The molecule has 2 aliphatic heterocycles. The normalized spacial score (nSPS) is 28.9. The monoisotopic (exact) mass is 442 g/mol. The predicted molar refractivity (Wildman–Crippen MR) is 124 cm³/mol. The van der Waals surface area contributed by atoms with E-state index in [4.69, 9.17) is 4.74 Å². The van der Waals surface area contributed by atoms with E-state index in [-0.39, 0.29) is 11.0 Å². The Balaban J connectivity index is 1.92. The van der Waals surface area contributed by atoms with Crippen LogP contribution in [0.4, 0.5) is 0 Å². The zero-order valence-electron chi connectivity index (χ0n) is 18.5. The van der Waals surface area contributed by atoms with Crippen LogP contribution in [0.15, 0.2) is 91.0 Å². The maximum absolute atomic E-state index is 13.7. The molecule has 0 amide bonds. The molecule has 0 aromatic heterocycles. The Kier molecular flexibility index (Phi) is 5.25. The lowest BCUT2D eigenvalue weighted by molar-refractivity contribution is -0.592. The molecular formula is C27H26N2O4. The van der Waals surface area contributed by atoms with Crippen LogP contribution in [0.5, 0.6) is 0 Å². The maximum Gasteiger partial charge on any atom is 0.334 e. The largest absolute Gasteiger partial charge is 0.467 e. The first-order valence-corrected chi connectivity index (χ1v) is 11.2. The van der Waals surface area contributed by atoms with Gasteiger partial charge in [0.2, 0.25) is 0 Å². The summed E-state index contributed by atoms with van der Waals surface area (Å²) in [4.78, 5) is 29.0. The summed E-state index contributed by atoms with van der Waals surface area (Å²) in [5.74, 6) is -1.14. The van der Waals surface area contributed by atoms with E-state index in [0.29, 0.717) is 24.9 Å². The predicted octanol–water partition coefficient (Wildman–Crippen LogP) is 4.70. The van der Waals surface area contributed by atoms with E-state index in [1.807, 2.05) is 78.9 Å². The molecule has 6 heteroatoms. The Bertz CT molecular complexity index is 1150. The van der Waals surface area contributed by atoms with E-state index >= 15 is 0 Å². The quantitative estimate of drug-likeness (QED) is 0.325. The number of carbonyl (C=O) groups excluding carboxylic acids is 1. The molecule has 0 spiro atoms. The summed E-state index contributed by atoms with van der Waals surface area (Å²) in [6, 6.07) is 28.1. The third kappa shape index (κ3) is 2.80. The third-order valence-corrected chi connectivity index (χ3v) is 7.48. The molecule has 0 radical (unpaired) electrons. The van der Waals surface area contributed by atoms with Crippen molar-refractivity contribution in [3.05, 3.63) is 118 Å². The highest BCUT2D eigenvalue weighted by molar-refractivity contribution is 5.85. The molecule has 0 N–H and O–H groups in total. The molecule has 0 bridgehead atoms. The zero-order valence-corrected chi connectivity index (χ0v) is 18.5. The highest BCUT2D eigenvalue weighted by atomic mass is 16.6. The van der Waals surface area contributed by atoms with Crippen LogP contribution >= 0.6 is 0 Å². The standard InChI is InChI=1S/C27H26N2O4/c1-33-25(30)26-18-11-19-28(26)24(21-14-7-3-8-15-21)23(20-12-5-2-6-13-20)27(26,29(31)32)22-16-9-4-10-17-22/h2-10,12-17,23-24H,11,18-19H2,1H3/t23-,24-,26-,27+/m1/s1. The first-order valence-electron chi connectivity index (χ1n) is 11.2. The molecule has 168 valence electrons. The van der Waals surface area contributed by atoms with Crippen LogP contribution in [0.1, 0.15) is 41.5 Å². The Hall–Kier alpha value is -3.51. The zero-order chi connectivity index (χ0) is 23.1. The third-order valence-electron chi connectivity index (χ3n) is 7.48. The molecule has 0 saturated carbocycles. The number of benzene rings is 3. The van der Waals surface area contributed by atoms with Crippen LogP contribution in [0.3, 0.4) is 0 Å². The summed E-state index contributed by atoms with van der Waals surface area (Å²) >= 11 is 0. The van der Waals surface area contributed by atoms with E-state index in [0.717, 1.165) is 11.1 Å². The minimum Gasteiger partial charge on any atom is -0.467 e. The van der Waals surface area contributed by atoms with Gasteiger partial charge < -0.3 is 4.74 Å². The minimum absolute atomic E-state index is 0.210. The van der Waals surface area contributed by atoms with Gasteiger partial charge in [0.15, 0.2) is 5.54 Å². The van der Waals surface area contributed by atoms with Gasteiger partial charge in [-0.2, -0.15) is 0 Å². The van der Waals surface area contributed by atoms with Crippen LogP contribution in [-0.2, 0) is 15.1 Å². The van der Waals surface area contributed by atoms with Crippen LogP contribution in [0.25, 0.3) is 0 Å². The second-order valence-corrected chi connectivity index (χ2v) is 8.78. The lowest BCUT2D eigenvalue weighted by atomic mass is 9.63. The van der Waals surface area contributed by atoms with Gasteiger partial charge in [0.05, 0.1) is 19.1 Å². The van der Waals surface area contributed by atoms with Crippen LogP contribution < -0.4 is 0 Å². The highest BCUT2D eigenvalue weighted by Crippen LogP contribution is 2.66. The van der Waals surface area contributed by atoms with Crippen molar-refractivity contribution in [3.63, 3.8) is 0 Å². The summed E-state index contributed by atoms with van der Waals surface area (Å²) in [5, 5.41) is 13.4. The summed E-state index contributed by atoms with van der Waals surface area (Å²) in [5.41, 5.74) is -0.821. The van der Waals surface area contributed by atoms with Crippen molar-refractivity contribution < 1.29 is 14.5 Å². The molecule has 3 aromatic carbocycles. The van der Waals surface area contributed by atoms with Crippen molar-refractivity contribution in [2.45, 2.75) is 35.9 Å². The lowest BCUT2D eigenvalue weighted by Crippen LogP contribution is -2.63.